The number of rotatable bonds is 10. The molecule has 1 aliphatic carbocycles. The number of aromatic nitrogens is 3. The van der Waals surface area contributed by atoms with Crippen molar-refractivity contribution in [2.75, 3.05) is 6.61 Å². The SMILES string of the molecule is O=C(NC(CON1C(=O)c2ccccc2C1=O)Cc1ccc(Cl)cc1Cl)c1c(Oc2cccc(C3CC3)c2)cnn2ccnc12. The van der Waals surface area contributed by atoms with Crippen molar-refractivity contribution >= 4 is 46.6 Å². The summed E-state index contributed by atoms with van der Waals surface area (Å²) >= 11 is 12.6. The van der Waals surface area contributed by atoms with Gasteiger partial charge in [0.05, 0.1) is 30.0 Å². The highest BCUT2D eigenvalue weighted by molar-refractivity contribution is 6.35. The number of imidazole rings is 1. The number of nitrogens with one attached hydrogen (secondary N) is 1. The number of hydroxylamine groups is 2. The topological polar surface area (TPSA) is 115 Å². The van der Waals surface area contributed by atoms with E-state index in [4.69, 9.17) is 32.8 Å². The summed E-state index contributed by atoms with van der Waals surface area (Å²) in [7, 11) is 0. The van der Waals surface area contributed by atoms with Crippen molar-refractivity contribution < 1.29 is 24.0 Å². The van der Waals surface area contributed by atoms with E-state index in [0.717, 1.165) is 12.8 Å². The average molecular weight is 642 g/mol. The molecule has 1 unspecified atom stereocenters. The van der Waals surface area contributed by atoms with Gasteiger partial charge in [-0.1, -0.05) is 53.5 Å². The van der Waals surface area contributed by atoms with Gasteiger partial charge in [0.2, 0.25) is 0 Å². The van der Waals surface area contributed by atoms with Gasteiger partial charge in [0.25, 0.3) is 17.7 Å². The number of amides is 3. The molecule has 0 bridgehead atoms. The normalized spacial score (nSPS) is 14.9. The largest absolute Gasteiger partial charge is 0.455 e. The molecule has 0 radical (unpaired) electrons. The molecule has 0 spiro atoms. The smallest absolute Gasteiger partial charge is 0.285 e. The lowest BCUT2D eigenvalue weighted by Gasteiger charge is -2.22. The third kappa shape index (κ3) is 5.87. The van der Waals surface area contributed by atoms with Crippen LogP contribution >= 0.6 is 23.2 Å². The molecule has 3 aromatic carbocycles. The van der Waals surface area contributed by atoms with Gasteiger partial charge in [-0.3, -0.25) is 19.2 Å². The Labute approximate surface area is 267 Å². The minimum absolute atomic E-state index is 0.153. The Hall–Kier alpha value is -4.77. The Balaban J connectivity index is 1.18. The first-order valence-electron chi connectivity index (χ1n) is 14.3. The number of halogens is 2. The fraction of sp³-hybridized carbons (Fsp3) is 0.182. The van der Waals surface area contributed by atoms with Crippen molar-refractivity contribution in [2.24, 2.45) is 0 Å². The van der Waals surface area contributed by atoms with E-state index in [9.17, 15) is 14.4 Å². The quantitative estimate of drug-likeness (QED) is 0.179. The summed E-state index contributed by atoms with van der Waals surface area (Å²) < 4.78 is 7.70. The van der Waals surface area contributed by atoms with Crippen molar-refractivity contribution in [3.8, 4) is 11.5 Å². The minimum Gasteiger partial charge on any atom is -0.455 e. The average Bonchev–Trinajstić information content (AvgIpc) is 3.73. The van der Waals surface area contributed by atoms with Crippen LogP contribution in [0, 0.1) is 0 Å². The molecule has 1 saturated carbocycles. The van der Waals surface area contributed by atoms with E-state index in [1.54, 1.807) is 48.7 Å². The van der Waals surface area contributed by atoms with Crippen LogP contribution in [0.5, 0.6) is 11.5 Å². The van der Waals surface area contributed by atoms with Crippen molar-refractivity contribution in [1.29, 1.82) is 0 Å². The molecule has 3 amide bonds. The van der Waals surface area contributed by atoms with Crippen molar-refractivity contribution in [1.82, 2.24) is 25.0 Å². The van der Waals surface area contributed by atoms with E-state index in [1.807, 2.05) is 18.2 Å². The zero-order chi connectivity index (χ0) is 31.1. The first-order valence-corrected chi connectivity index (χ1v) is 15.1. The highest BCUT2D eigenvalue weighted by atomic mass is 35.5. The lowest BCUT2D eigenvalue weighted by Crippen LogP contribution is -2.43. The molecule has 1 fully saturated rings. The molecule has 1 atom stereocenters. The van der Waals surface area contributed by atoms with Gasteiger partial charge in [0, 0.05) is 22.4 Å². The zero-order valence-electron chi connectivity index (χ0n) is 23.7. The molecule has 45 heavy (non-hydrogen) atoms. The van der Waals surface area contributed by atoms with Gasteiger partial charge >= 0.3 is 0 Å². The maximum Gasteiger partial charge on any atom is 0.285 e. The van der Waals surface area contributed by atoms with Crippen molar-refractivity contribution in [3.63, 3.8) is 0 Å². The van der Waals surface area contributed by atoms with E-state index in [0.29, 0.717) is 32.3 Å². The standard InChI is InChI=1S/C33H25Cl2N5O5/c34-22-11-10-21(27(35)16-22)14-23(18-44-40-32(42)25-6-1-2-7-26(25)33(40)43)38-31(41)29-28(17-37-39-13-12-36-30(29)39)45-24-5-3-4-20(15-24)19-8-9-19/h1-7,10-13,15-17,19,23H,8-9,14,18H2,(H,38,41). The second kappa shape index (κ2) is 12.0. The number of carbonyl (C=O) groups excluding carboxylic acids is 3. The van der Waals surface area contributed by atoms with Crippen LogP contribution in [0.4, 0.5) is 0 Å². The predicted molar refractivity (Wildman–Crippen MR) is 166 cm³/mol. The molecule has 226 valence electrons. The molecule has 3 heterocycles. The van der Waals surface area contributed by atoms with Gasteiger partial charge < -0.3 is 10.1 Å². The molecule has 12 heteroatoms. The molecule has 1 N–H and O–H groups in total. The second-order valence-electron chi connectivity index (χ2n) is 10.9. The summed E-state index contributed by atoms with van der Waals surface area (Å²) in [4.78, 5) is 50.1. The molecule has 1 aliphatic heterocycles. The predicted octanol–water partition coefficient (Wildman–Crippen LogP) is 6.27. The van der Waals surface area contributed by atoms with Gasteiger partial charge in [-0.25, -0.2) is 9.50 Å². The lowest BCUT2D eigenvalue weighted by molar-refractivity contribution is -0.0968. The molecule has 2 aliphatic rings. The van der Waals surface area contributed by atoms with Gasteiger partial charge in [0.1, 0.15) is 11.3 Å². The number of imide groups is 1. The maximum absolute atomic E-state index is 14.1. The summed E-state index contributed by atoms with van der Waals surface area (Å²) in [5.41, 5.74) is 2.78. The Bertz CT molecular complexity index is 1940. The summed E-state index contributed by atoms with van der Waals surface area (Å²) in [6.45, 7) is -0.231. The van der Waals surface area contributed by atoms with E-state index in [-0.39, 0.29) is 41.1 Å². The van der Waals surface area contributed by atoms with Crippen LogP contribution in [0.25, 0.3) is 5.65 Å². The number of ether oxygens (including phenoxy) is 1. The van der Waals surface area contributed by atoms with Crippen LogP contribution in [0.15, 0.2) is 85.3 Å². The number of hydrogen-bond donors (Lipinski definition) is 1. The Morgan fingerprint density at radius 3 is 2.51 bits per heavy atom. The first-order chi connectivity index (χ1) is 21.9. The van der Waals surface area contributed by atoms with Crippen LogP contribution in [0.1, 0.15) is 61.0 Å². The number of nitrogens with zero attached hydrogens (tertiary/aromatic N) is 4. The monoisotopic (exact) mass is 641 g/mol. The van der Waals surface area contributed by atoms with E-state index in [1.165, 1.54) is 22.5 Å². The van der Waals surface area contributed by atoms with Gasteiger partial charge in [-0.2, -0.15) is 5.10 Å². The summed E-state index contributed by atoms with van der Waals surface area (Å²) in [6.07, 6.45) is 7.10. The van der Waals surface area contributed by atoms with E-state index >= 15 is 0 Å². The Morgan fingerprint density at radius 1 is 1.00 bits per heavy atom. The Kier molecular flexibility index (Phi) is 7.70. The van der Waals surface area contributed by atoms with Crippen molar-refractivity contribution in [2.45, 2.75) is 31.2 Å². The summed E-state index contributed by atoms with van der Waals surface area (Å²) in [5.74, 6) is -0.381. The molecule has 7 rings (SSSR count). The highest BCUT2D eigenvalue weighted by Gasteiger charge is 2.37. The second-order valence-corrected chi connectivity index (χ2v) is 11.7. The van der Waals surface area contributed by atoms with Crippen molar-refractivity contribution in [3.05, 3.63) is 123 Å². The van der Waals surface area contributed by atoms with Crippen LogP contribution in [-0.4, -0.2) is 50.0 Å². The number of hydrogen-bond acceptors (Lipinski definition) is 7. The highest BCUT2D eigenvalue weighted by Crippen LogP contribution is 2.41. The van der Waals surface area contributed by atoms with Gasteiger partial charge in [-0.05, 0) is 72.7 Å². The summed E-state index contributed by atoms with van der Waals surface area (Å²) in [6, 6.07) is 18.5. The molecule has 10 nitrogen and oxygen atoms in total. The third-order valence-corrected chi connectivity index (χ3v) is 8.32. The molecule has 0 saturated heterocycles. The Morgan fingerprint density at radius 2 is 1.78 bits per heavy atom. The third-order valence-electron chi connectivity index (χ3n) is 7.73. The fourth-order valence-electron chi connectivity index (χ4n) is 5.34. The maximum atomic E-state index is 14.1. The van der Waals surface area contributed by atoms with Gasteiger partial charge in [0.15, 0.2) is 11.4 Å². The fourth-order valence-corrected chi connectivity index (χ4v) is 5.82. The van der Waals surface area contributed by atoms with Crippen LogP contribution in [0.3, 0.4) is 0 Å². The molecule has 5 aromatic rings. The number of benzene rings is 3. The molecular weight excluding hydrogens is 617 g/mol. The minimum atomic E-state index is -0.755. The van der Waals surface area contributed by atoms with Crippen LogP contribution < -0.4 is 10.1 Å². The first kappa shape index (κ1) is 29.0. The van der Waals surface area contributed by atoms with E-state index < -0.39 is 23.8 Å². The number of fused-ring (bicyclic) bond motifs is 2. The van der Waals surface area contributed by atoms with E-state index in [2.05, 4.69) is 21.5 Å². The van der Waals surface area contributed by atoms with Crippen LogP contribution in [0.2, 0.25) is 10.0 Å². The molecular formula is C33H25Cl2N5O5. The molecule has 2 aromatic heterocycles. The number of carbonyl (C=O) groups is 3. The van der Waals surface area contributed by atoms with Crippen LogP contribution in [-0.2, 0) is 11.3 Å². The summed E-state index contributed by atoms with van der Waals surface area (Å²) in [5, 5.41) is 8.90. The lowest BCUT2D eigenvalue weighted by atomic mass is 10.1. The van der Waals surface area contributed by atoms with Gasteiger partial charge in [-0.15, -0.1) is 5.06 Å². The zero-order valence-corrected chi connectivity index (χ0v) is 25.2.